The van der Waals surface area contributed by atoms with Gasteiger partial charge in [0.15, 0.2) is 0 Å². The Labute approximate surface area is 162 Å². The SMILES string of the molecule is O=C1N(c2ccc(OC(F)(F)F)cc2)C(=O)C2(CC2)N1Cc1ccnc(Cl)c1. The number of nitrogens with zero attached hydrogens (tertiary/aromatic N) is 3. The first-order valence-electron chi connectivity index (χ1n) is 8.32. The van der Waals surface area contributed by atoms with Crippen LogP contribution in [0.2, 0.25) is 5.15 Å². The smallest absolute Gasteiger partial charge is 0.406 e. The van der Waals surface area contributed by atoms with E-state index in [9.17, 15) is 22.8 Å². The number of imide groups is 1. The van der Waals surface area contributed by atoms with Crippen molar-refractivity contribution in [3.8, 4) is 5.75 Å². The molecule has 28 heavy (non-hydrogen) atoms. The van der Waals surface area contributed by atoms with Gasteiger partial charge < -0.3 is 9.64 Å². The topological polar surface area (TPSA) is 62.7 Å². The van der Waals surface area contributed by atoms with Gasteiger partial charge in [-0.25, -0.2) is 14.7 Å². The third kappa shape index (κ3) is 3.26. The number of halogens is 4. The summed E-state index contributed by atoms with van der Waals surface area (Å²) in [5, 5.41) is 0.275. The highest BCUT2D eigenvalue weighted by Gasteiger charge is 2.65. The maximum atomic E-state index is 12.9. The first kappa shape index (κ1) is 18.5. The van der Waals surface area contributed by atoms with Crippen molar-refractivity contribution < 1.29 is 27.5 Å². The highest BCUT2D eigenvalue weighted by Crippen LogP contribution is 2.49. The molecule has 3 amide bonds. The molecule has 2 aliphatic rings. The van der Waals surface area contributed by atoms with Crippen molar-refractivity contribution in [2.45, 2.75) is 31.3 Å². The average molecular weight is 412 g/mol. The molecule has 1 aliphatic carbocycles. The Balaban J connectivity index is 1.59. The average Bonchev–Trinajstić information content (AvgIpc) is 3.38. The molecule has 1 saturated carbocycles. The molecule has 10 heteroatoms. The molecule has 1 spiro atoms. The number of urea groups is 1. The highest BCUT2D eigenvalue weighted by molar-refractivity contribution is 6.29. The molecule has 146 valence electrons. The molecule has 0 radical (unpaired) electrons. The Hall–Kier alpha value is -2.81. The second-order valence-corrected chi connectivity index (χ2v) is 6.96. The number of alkyl halides is 3. The first-order valence-corrected chi connectivity index (χ1v) is 8.70. The summed E-state index contributed by atoms with van der Waals surface area (Å²) in [6.45, 7) is 0.179. The molecule has 0 N–H and O–H groups in total. The quantitative estimate of drug-likeness (QED) is 0.560. The summed E-state index contributed by atoms with van der Waals surface area (Å²) in [7, 11) is 0. The molecule has 2 heterocycles. The Morgan fingerprint density at radius 2 is 1.82 bits per heavy atom. The molecule has 2 fully saturated rings. The number of hydrogen-bond donors (Lipinski definition) is 0. The van der Waals surface area contributed by atoms with Crippen LogP contribution in [-0.2, 0) is 11.3 Å². The summed E-state index contributed by atoms with van der Waals surface area (Å²) in [4.78, 5) is 32.2. The Morgan fingerprint density at radius 1 is 1.14 bits per heavy atom. The summed E-state index contributed by atoms with van der Waals surface area (Å²) < 4.78 is 40.7. The van der Waals surface area contributed by atoms with E-state index in [1.165, 1.54) is 23.2 Å². The summed E-state index contributed by atoms with van der Waals surface area (Å²) in [6, 6.07) is 7.41. The van der Waals surface area contributed by atoms with Gasteiger partial charge in [-0.15, -0.1) is 13.2 Å². The number of ether oxygens (including phenoxy) is 1. The second-order valence-electron chi connectivity index (χ2n) is 6.57. The standard InChI is InChI=1S/C18H13ClF3N3O3/c19-14-9-11(5-8-23-14)10-24-16(27)25(15(26)17(24)6-7-17)12-1-3-13(4-2-12)28-18(20,21)22/h1-5,8-9H,6-7,10H2. The van der Waals surface area contributed by atoms with Crippen molar-refractivity contribution in [3.05, 3.63) is 53.3 Å². The van der Waals surface area contributed by atoms with Gasteiger partial charge in [0.25, 0.3) is 5.91 Å². The van der Waals surface area contributed by atoms with Crippen molar-refractivity contribution in [3.63, 3.8) is 0 Å². The van der Waals surface area contributed by atoms with Crippen LogP contribution < -0.4 is 9.64 Å². The zero-order valence-electron chi connectivity index (χ0n) is 14.2. The molecule has 6 nitrogen and oxygen atoms in total. The maximum absolute atomic E-state index is 12.9. The molecule has 1 aliphatic heterocycles. The van der Waals surface area contributed by atoms with E-state index in [2.05, 4.69) is 9.72 Å². The number of amides is 3. The van der Waals surface area contributed by atoms with Crippen LogP contribution in [0.5, 0.6) is 5.75 Å². The number of hydrogen-bond acceptors (Lipinski definition) is 4. The van der Waals surface area contributed by atoms with Crippen LogP contribution in [0, 0.1) is 0 Å². The number of benzene rings is 1. The van der Waals surface area contributed by atoms with Crippen molar-refractivity contribution in [2.75, 3.05) is 4.90 Å². The molecular weight excluding hydrogens is 399 g/mol. The van der Waals surface area contributed by atoms with Crippen LogP contribution >= 0.6 is 11.6 Å². The van der Waals surface area contributed by atoms with Gasteiger partial charge in [0, 0.05) is 12.7 Å². The van der Waals surface area contributed by atoms with Gasteiger partial charge in [0.2, 0.25) is 0 Å². The van der Waals surface area contributed by atoms with E-state index in [0.29, 0.717) is 12.8 Å². The number of carbonyl (C=O) groups is 2. The van der Waals surface area contributed by atoms with E-state index in [-0.39, 0.29) is 23.3 Å². The minimum atomic E-state index is -4.82. The third-order valence-electron chi connectivity index (χ3n) is 4.72. The largest absolute Gasteiger partial charge is 0.573 e. The normalized spacial score (nSPS) is 18.1. The molecule has 0 bridgehead atoms. The van der Waals surface area contributed by atoms with Crippen LogP contribution in [0.1, 0.15) is 18.4 Å². The van der Waals surface area contributed by atoms with Gasteiger partial charge in [-0.1, -0.05) is 11.6 Å². The van der Waals surface area contributed by atoms with Gasteiger partial charge in [-0.3, -0.25) is 4.79 Å². The summed E-state index contributed by atoms with van der Waals surface area (Å²) in [5.74, 6) is -0.818. The lowest BCUT2D eigenvalue weighted by Crippen LogP contribution is -2.36. The van der Waals surface area contributed by atoms with Crippen LogP contribution in [0.15, 0.2) is 42.6 Å². The van der Waals surface area contributed by atoms with Crippen LogP contribution in [0.25, 0.3) is 0 Å². The summed E-state index contributed by atoms with van der Waals surface area (Å²) in [6.07, 6.45) is -2.25. The summed E-state index contributed by atoms with van der Waals surface area (Å²) in [5.41, 5.74) is 0.00259. The van der Waals surface area contributed by atoms with E-state index < -0.39 is 23.7 Å². The molecule has 1 saturated heterocycles. The van der Waals surface area contributed by atoms with Crippen molar-refractivity contribution in [2.24, 2.45) is 0 Å². The Bertz CT molecular complexity index is 945. The fourth-order valence-corrected chi connectivity index (χ4v) is 3.48. The van der Waals surface area contributed by atoms with Gasteiger partial charge in [0.05, 0.1) is 5.69 Å². The molecular formula is C18H13ClF3N3O3. The minimum absolute atomic E-state index is 0.179. The maximum Gasteiger partial charge on any atom is 0.573 e. The fourth-order valence-electron chi connectivity index (χ4n) is 3.28. The molecule has 4 rings (SSSR count). The lowest BCUT2D eigenvalue weighted by atomic mass is 10.2. The molecule has 2 aromatic rings. The number of aromatic nitrogens is 1. The van der Waals surface area contributed by atoms with Crippen LogP contribution in [-0.4, -0.2) is 33.7 Å². The third-order valence-corrected chi connectivity index (χ3v) is 4.93. The monoisotopic (exact) mass is 411 g/mol. The van der Waals surface area contributed by atoms with Crippen molar-refractivity contribution in [1.82, 2.24) is 9.88 Å². The summed E-state index contributed by atoms with van der Waals surface area (Å²) >= 11 is 5.88. The highest BCUT2D eigenvalue weighted by atomic mass is 35.5. The van der Waals surface area contributed by atoms with Gasteiger partial charge in [-0.05, 0) is 54.8 Å². The van der Waals surface area contributed by atoms with Crippen LogP contribution in [0.3, 0.4) is 0 Å². The first-order chi connectivity index (χ1) is 13.2. The Morgan fingerprint density at radius 3 is 2.39 bits per heavy atom. The van der Waals surface area contributed by atoms with Crippen molar-refractivity contribution >= 4 is 29.2 Å². The van der Waals surface area contributed by atoms with Gasteiger partial charge in [0.1, 0.15) is 16.4 Å². The van der Waals surface area contributed by atoms with E-state index in [1.807, 2.05) is 0 Å². The van der Waals surface area contributed by atoms with Gasteiger partial charge in [-0.2, -0.15) is 0 Å². The van der Waals surface area contributed by atoms with Crippen LogP contribution in [0.4, 0.5) is 23.7 Å². The predicted molar refractivity (Wildman–Crippen MR) is 92.8 cm³/mol. The number of pyridine rings is 1. The predicted octanol–water partition coefficient (Wildman–Crippen LogP) is 4.14. The van der Waals surface area contributed by atoms with E-state index in [4.69, 9.17) is 11.6 Å². The number of anilines is 1. The molecule has 1 aromatic carbocycles. The lowest BCUT2D eigenvalue weighted by Gasteiger charge is -2.21. The number of rotatable bonds is 4. The zero-order valence-corrected chi connectivity index (χ0v) is 15.0. The molecule has 0 atom stereocenters. The second kappa shape index (κ2) is 6.37. The van der Waals surface area contributed by atoms with Crippen molar-refractivity contribution in [1.29, 1.82) is 0 Å². The molecule has 0 unspecified atom stereocenters. The van der Waals surface area contributed by atoms with Gasteiger partial charge >= 0.3 is 12.4 Å². The lowest BCUT2D eigenvalue weighted by molar-refractivity contribution is -0.274. The van der Waals surface area contributed by atoms with E-state index in [0.717, 1.165) is 22.6 Å². The van der Waals surface area contributed by atoms with E-state index in [1.54, 1.807) is 12.1 Å². The zero-order chi connectivity index (χ0) is 20.1. The Kier molecular flexibility index (Phi) is 4.22. The number of carbonyl (C=O) groups excluding carboxylic acids is 2. The minimum Gasteiger partial charge on any atom is -0.406 e. The van der Waals surface area contributed by atoms with E-state index >= 15 is 0 Å². The molecule has 1 aromatic heterocycles. The fraction of sp³-hybridized carbons (Fsp3) is 0.278.